The molecule has 108 valence electrons. The molecule has 0 heterocycles. The van der Waals surface area contributed by atoms with Gasteiger partial charge in [0.1, 0.15) is 5.75 Å². The maximum absolute atomic E-state index is 8.58. The molecule has 1 aliphatic rings. The average molecular weight is 274 g/mol. The third kappa shape index (κ3) is 4.27. The first-order valence-corrected chi connectivity index (χ1v) is 7.75. The van der Waals surface area contributed by atoms with Crippen molar-refractivity contribution in [3.63, 3.8) is 0 Å². The largest absolute Gasteiger partial charge is 0.388 e. The number of unbranched alkanes of at least 4 members (excludes halogenated alkanes) is 2. The van der Waals surface area contributed by atoms with Gasteiger partial charge in [0, 0.05) is 0 Å². The Morgan fingerprint density at radius 1 is 1.25 bits per heavy atom. The minimum absolute atomic E-state index is 0.0134. The van der Waals surface area contributed by atoms with Crippen LogP contribution in [0.4, 0.5) is 0 Å². The van der Waals surface area contributed by atoms with Crippen LogP contribution in [0.25, 0.3) is 0 Å². The highest BCUT2D eigenvalue weighted by molar-refractivity contribution is 5.30. The van der Waals surface area contributed by atoms with Crippen molar-refractivity contribution in [1.29, 1.82) is 5.26 Å². The van der Waals surface area contributed by atoms with Crippen LogP contribution in [0.3, 0.4) is 0 Å². The van der Waals surface area contributed by atoms with Crippen molar-refractivity contribution in [1.82, 2.24) is 0 Å². The fraction of sp³-hybridized carbons (Fsp3) is 0.611. The molecule has 0 amide bonds. The van der Waals surface area contributed by atoms with Crippen molar-refractivity contribution in [2.24, 2.45) is 5.92 Å². The minimum Gasteiger partial charge on any atom is -0.388 e. The van der Waals surface area contributed by atoms with E-state index in [9.17, 15) is 0 Å². The van der Waals surface area contributed by atoms with Crippen LogP contribution in [0.5, 0.6) is 5.75 Å². The zero-order valence-electron chi connectivity index (χ0n) is 15.2. The first kappa shape index (κ1) is 11.2. The monoisotopic (exact) mass is 274 g/mol. The van der Waals surface area contributed by atoms with E-state index in [1.165, 1.54) is 38.0 Å². The molecule has 1 saturated carbocycles. The summed E-state index contributed by atoms with van der Waals surface area (Å²) >= 11 is 0. The molecule has 0 bridgehead atoms. The molecule has 2 nitrogen and oxygen atoms in total. The Morgan fingerprint density at radius 3 is 2.75 bits per heavy atom. The highest BCUT2D eigenvalue weighted by Crippen LogP contribution is 2.38. The lowest BCUT2D eigenvalue weighted by atomic mass is 9.77. The Bertz CT molecular complexity index is 575. The highest BCUT2D eigenvalue weighted by Gasteiger charge is 2.21. The summed E-state index contributed by atoms with van der Waals surface area (Å²) < 4.78 is 29.0. The lowest BCUT2D eigenvalue weighted by Gasteiger charge is -2.28. The SMILES string of the molecule is [2H]c1cc(OC#N)c([2H])c([2H])c1C1CCC(CCCCC)CC1. The van der Waals surface area contributed by atoms with Gasteiger partial charge in [-0.25, -0.2) is 0 Å². The molecule has 0 aliphatic heterocycles. The van der Waals surface area contributed by atoms with Gasteiger partial charge in [0.2, 0.25) is 0 Å². The average Bonchev–Trinajstić information content (AvgIpc) is 2.54. The van der Waals surface area contributed by atoms with Crippen LogP contribution in [0.15, 0.2) is 24.2 Å². The van der Waals surface area contributed by atoms with Crippen molar-refractivity contribution in [3.8, 4) is 12.0 Å². The zero-order chi connectivity index (χ0) is 16.8. The van der Waals surface area contributed by atoms with Crippen molar-refractivity contribution >= 4 is 0 Å². The van der Waals surface area contributed by atoms with E-state index in [0.29, 0.717) is 5.56 Å². The molecule has 1 aromatic carbocycles. The molecule has 0 spiro atoms. The molecule has 0 radical (unpaired) electrons. The predicted octanol–water partition coefficient (Wildman–Crippen LogP) is 5.40. The minimum atomic E-state index is -0.0809. The van der Waals surface area contributed by atoms with E-state index in [0.717, 1.165) is 31.6 Å². The molecule has 1 aromatic rings. The first-order chi connectivity index (χ1) is 11.1. The van der Waals surface area contributed by atoms with Crippen molar-refractivity contribution < 1.29 is 8.85 Å². The maximum Gasteiger partial charge on any atom is 0.292 e. The third-order valence-corrected chi connectivity index (χ3v) is 4.31. The van der Waals surface area contributed by atoms with Crippen LogP contribution in [0.1, 0.15) is 73.9 Å². The van der Waals surface area contributed by atoms with Gasteiger partial charge in [0.05, 0.1) is 4.11 Å². The third-order valence-electron chi connectivity index (χ3n) is 4.31. The maximum atomic E-state index is 8.58. The van der Waals surface area contributed by atoms with Gasteiger partial charge in [-0.3, -0.25) is 0 Å². The number of hydrogen-bond acceptors (Lipinski definition) is 2. The quantitative estimate of drug-likeness (QED) is 0.514. The normalized spacial score (nSPS) is 24.3. The molecule has 0 N–H and O–H groups in total. The number of nitrogens with zero attached hydrogens (tertiary/aromatic N) is 1. The highest BCUT2D eigenvalue weighted by atomic mass is 16.5. The van der Waals surface area contributed by atoms with Gasteiger partial charge >= 0.3 is 0 Å². The Labute approximate surface area is 127 Å². The lowest BCUT2D eigenvalue weighted by Crippen LogP contribution is -2.13. The van der Waals surface area contributed by atoms with Gasteiger partial charge in [0.25, 0.3) is 6.26 Å². The Balaban J connectivity index is 2.06. The van der Waals surface area contributed by atoms with Crippen LogP contribution in [0, 0.1) is 17.4 Å². The van der Waals surface area contributed by atoms with Gasteiger partial charge in [-0.05, 0) is 55.2 Å². The summed E-state index contributed by atoms with van der Waals surface area (Å²) in [5.41, 5.74) is 0.660. The summed E-state index contributed by atoms with van der Waals surface area (Å²) in [5, 5.41) is 8.58. The molecular weight excluding hydrogens is 246 g/mol. The van der Waals surface area contributed by atoms with Gasteiger partial charge in [-0.1, -0.05) is 44.7 Å². The van der Waals surface area contributed by atoms with E-state index in [1.807, 2.05) is 0 Å². The molecule has 0 aromatic heterocycles. The Hall–Kier alpha value is -1.49. The van der Waals surface area contributed by atoms with E-state index >= 15 is 0 Å². The first-order valence-electron chi connectivity index (χ1n) is 9.25. The van der Waals surface area contributed by atoms with E-state index in [1.54, 1.807) is 0 Å². The van der Waals surface area contributed by atoms with Gasteiger partial charge < -0.3 is 4.74 Å². The van der Waals surface area contributed by atoms with Crippen molar-refractivity contribution in [2.75, 3.05) is 0 Å². The van der Waals surface area contributed by atoms with Crippen LogP contribution in [-0.4, -0.2) is 0 Å². The molecule has 0 saturated heterocycles. The standard InChI is InChI=1S/C18H25NO/c1-2-3-4-5-15-6-8-16(9-7-15)17-10-12-18(13-11-17)20-14-19/h10-13,15-16H,2-9H2,1H3/i10D,11D,12D. The molecule has 20 heavy (non-hydrogen) atoms. The topological polar surface area (TPSA) is 33.0 Å². The van der Waals surface area contributed by atoms with Crippen LogP contribution >= 0.6 is 0 Å². The van der Waals surface area contributed by atoms with E-state index in [-0.39, 0.29) is 29.8 Å². The smallest absolute Gasteiger partial charge is 0.292 e. The number of rotatable bonds is 6. The molecule has 2 heteroatoms. The predicted molar refractivity (Wildman–Crippen MR) is 81.5 cm³/mol. The van der Waals surface area contributed by atoms with E-state index < -0.39 is 0 Å². The second-order valence-corrected chi connectivity index (χ2v) is 5.72. The van der Waals surface area contributed by atoms with Crippen molar-refractivity contribution in [2.45, 2.75) is 64.2 Å². The Kier molecular flexibility index (Phi) is 4.45. The summed E-state index contributed by atoms with van der Waals surface area (Å²) in [6, 6.07) is 1.61. The molecule has 2 rings (SSSR count). The van der Waals surface area contributed by atoms with E-state index in [2.05, 4.69) is 6.92 Å². The van der Waals surface area contributed by atoms with Crippen molar-refractivity contribution in [3.05, 3.63) is 29.8 Å². The zero-order valence-corrected chi connectivity index (χ0v) is 12.2. The van der Waals surface area contributed by atoms with Gasteiger partial charge in [-0.2, -0.15) is 0 Å². The van der Waals surface area contributed by atoms with E-state index in [4.69, 9.17) is 14.1 Å². The number of ether oxygens (including phenoxy) is 1. The second-order valence-electron chi connectivity index (χ2n) is 5.72. The molecule has 0 unspecified atom stereocenters. The fourth-order valence-corrected chi connectivity index (χ4v) is 3.09. The Morgan fingerprint density at radius 2 is 2.05 bits per heavy atom. The number of hydrogen-bond donors (Lipinski definition) is 0. The van der Waals surface area contributed by atoms with Gasteiger partial charge in [0.15, 0.2) is 0 Å². The van der Waals surface area contributed by atoms with Gasteiger partial charge in [-0.15, -0.1) is 5.26 Å². The molecular formula is C18H25NO. The summed E-state index contributed by atoms with van der Waals surface area (Å²) in [6.45, 7) is 2.22. The fourth-order valence-electron chi connectivity index (χ4n) is 3.09. The lowest BCUT2D eigenvalue weighted by molar-refractivity contribution is 0.302. The molecule has 0 atom stereocenters. The molecule has 1 aliphatic carbocycles. The second kappa shape index (κ2) is 7.94. The summed E-state index contributed by atoms with van der Waals surface area (Å²) in [4.78, 5) is 0. The summed E-state index contributed by atoms with van der Waals surface area (Å²) in [7, 11) is 0. The molecule has 1 fully saturated rings. The van der Waals surface area contributed by atoms with Crippen LogP contribution < -0.4 is 4.74 Å². The van der Waals surface area contributed by atoms with Crippen LogP contribution in [-0.2, 0) is 0 Å². The van der Waals surface area contributed by atoms with Crippen LogP contribution in [0.2, 0.25) is 0 Å². The number of nitriles is 1. The summed E-state index contributed by atoms with van der Waals surface area (Å²) in [6.07, 6.45) is 11.0. The number of benzene rings is 1. The summed E-state index contributed by atoms with van der Waals surface area (Å²) in [5.74, 6) is 0.981.